The molecular weight excluding hydrogens is 224 g/mol. The van der Waals surface area contributed by atoms with Crippen LogP contribution in [-0.4, -0.2) is 29.4 Å². The zero-order valence-corrected chi connectivity index (χ0v) is 10.9. The molecule has 3 rings (SSSR count). The number of carbonyl (C=O) groups excluding carboxylic acids is 1. The molecule has 2 unspecified atom stereocenters. The van der Waals surface area contributed by atoms with E-state index in [0.717, 1.165) is 13.0 Å². The molecule has 2 saturated heterocycles. The minimum atomic E-state index is 0.291. The second-order valence-corrected chi connectivity index (χ2v) is 5.42. The molecule has 2 fully saturated rings. The lowest BCUT2D eigenvalue weighted by Gasteiger charge is -2.33. The summed E-state index contributed by atoms with van der Waals surface area (Å²) in [5.41, 5.74) is 2.42. The van der Waals surface area contributed by atoms with Gasteiger partial charge in [0.05, 0.1) is 12.1 Å². The van der Waals surface area contributed by atoms with Crippen molar-refractivity contribution in [3.05, 3.63) is 29.8 Å². The van der Waals surface area contributed by atoms with Gasteiger partial charge < -0.3 is 10.2 Å². The first-order valence-electron chi connectivity index (χ1n) is 6.87. The Bertz CT molecular complexity index is 458. The summed E-state index contributed by atoms with van der Waals surface area (Å²) < 4.78 is 0. The van der Waals surface area contributed by atoms with Gasteiger partial charge in [-0.3, -0.25) is 4.79 Å². The highest BCUT2D eigenvalue weighted by Crippen LogP contribution is 2.30. The van der Waals surface area contributed by atoms with Gasteiger partial charge in [-0.05, 0) is 37.8 Å². The fourth-order valence-corrected chi connectivity index (χ4v) is 3.21. The van der Waals surface area contributed by atoms with E-state index < -0.39 is 0 Å². The molecule has 0 aromatic heterocycles. The van der Waals surface area contributed by atoms with Crippen LogP contribution in [0.25, 0.3) is 0 Å². The van der Waals surface area contributed by atoms with Crippen LogP contribution in [0.4, 0.5) is 5.69 Å². The second-order valence-electron chi connectivity index (χ2n) is 5.42. The predicted octanol–water partition coefficient (Wildman–Crippen LogP) is 2.56. The third-order valence-corrected chi connectivity index (χ3v) is 4.21. The number of anilines is 1. The van der Waals surface area contributed by atoms with E-state index >= 15 is 0 Å². The number of piperidine rings is 1. The quantitative estimate of drug-likeness (QED) is 0.867. The second kappa shape index (κ2) is 4.63. The summed E-state index contributed by atoms with van der Waals surface area (Å²) in [7, 11) is 0. The zero-order chi connectivity index (χ0) is 12.5. The maximum absolute atomic E-state index is 12.0. The third kappa shape index (κ3) is 1.98. The van der Waals surface area contributed by atoms with Gasteiger partial charge in [0.1, 0.15) is 0 Å². The minimum absolute atomic E-state index is 0.291. The van der Waals surface area contributed by atoms with Gasteiger partial charge in [0.25, 0.3) is 0 Å². The number of nitrogens with zero attached hydrogens (tertiary/aromatic N) is 1. The Morgan fingerprint density at radius 1 is 1.28 bits per heavy atom. The monoisotopic (exact) mass is 244 g/mol. The van der Waals surface area contributed by atoms with Gasteiger partial charge in [-0.25, -0.2) is 0 Å². The Morgan fingerprint density at radius 2 is 2.11 bits per heavy atom. The number of aryl methyl sites for hydroxylation is 1. The maximum Gasteiger partial charge on any atom is 0.225 e. The molecule has 2 heterocycles. The van der Waals surface area contributed by atoms with E-state index in [2.05, 4.69) is 29.3 Å². The fourth-order valence-electron chi connectivity index (χ4n) is 3.21. The van der Waals surface area contributed by atoms with Crippen LogP contribution in [0, 0.1) is 6.92 Å². The van der Waals surface area contributed by atoms with Crippen LogP contribution in [0.5, 0.6) is 0 Å². The number of nitrogens with one attached hydrogen (secondary N) is 1. The topological polar surface area (TPSA) is 32.3 Å². The molecule has 1 aromatic rings. The van der Waals surface area contributed by atoms with Crippen molar-refractivity contribution in [3.8, 4) is 0 Å². The number of benzene rings is 1. The van der Waals surface area contributed by atoms with Gasteiger partial charge in [0.15, 0.2) is 0 Å². The van der Waals surface area contributed by atoms with E-state index in [9.17, 15) is 4.79 Å². The van der Waals surface area contributed by atoms with Gasteiger partial charge in [-0.1, -0.05) is 18.2 Å². The summed E-state index contributed by atoms with van der Waals surface area (Å²) in [5.74, 6) is 0.325. The number of carbonyl (C=O) groups is 1. The van der Waals surface area contributed by atoms with E-state index in [1.165, 1.54) is 24.1 Å². The van der Waals surface area contributed by atoms with Crippen LogP contribution < -0.4 is 5.32 Å². The molecule has 2 aliphatic heterocycles. The summed E-state index contributed by atoms with van der Waals surface area (Å²) >= 11 is 0. The van der Waals surface area contributed by atoms with Crippen LogP contribution in [0.15, 0.2) is 24.3 Å². The SMILES string of the molecule is Cc1ccccc1NC1CC(=O)N2CCCCC12. The molecule has 1 aromatic carbocycles. The molecule has 3 nitrogen and oxygen atoms in total. The number of amides is 1. The molecule has 1 N–H and O–H groups in total. The average Bonchev–Trinajstić information content (AvgIpc) is 2.70. The van der Waals surface area contributed by atoms with Crippen molar-refractivity contribution in [1.82, 2.24) is 4.90 Å². The smallest absolute Gasteiger partial charge is 0.225 e. The molecule has 2 aliphatic rings. The number of hydrogen-bond acceptors (Lipinski definition) is 2. The molecule has 18 heavy (non-hydrogen) atoms. The molecular formula is C15H20N2O. The first kappa shape index (κ1) is 11.6. The van der Waals surface area contributed by atoms with Crippen LogP contribution in [-0.2, 0) is 4.79 Å². The van der Waals surface area contributed by atoms with Gasteiger partial charge >= 0.3 is 0 Å². The lowest BCUT2D eigenvalue weighted by atomic mass is 9.98. The summed E-state index contributed by atoms with van der Waals surface area (Å²) in [4.78, 5) is 14.1. The first-order chi connectivity index (χ1) is 8.75. The highest BCUT2D eigenvalue weighted by Gasteiger charge is 2.40. The number of hydrogen-bond donors (Lipinski definition) is 1. The van der Waals surface area contributed by atoms with E-state index in [4.69, 9.17) is 0 Å². The Balaban J connectivity index is 1.77. The fraction of sp³-hybridized carbons (Fsp3) is 0.533. The van der Waals surface area contributed by atoms with Gasteiger partial charge in [-0.2, -0.15) is 0 Å². The molecule has 0 aliphatic carbocycles. The Hall–Kier alpha value is -1.51. The van der Waals surface area contributed by atoms with Crippen LogP contribution >= 0.6 is 0 Å². The molecule has 0 saturated carbocycles. The largest absolute Gasteiger partial charge is 0.379 e. The number of rotatable bonds is 2. The van der Waals surface area contributed by atoms with Crippen LogP contribution in [0.3, 0.4) is 0 Å². The first-order valence-corrected chi connectivity index (χ1v) is 6.87. The average molecular weight is 244 g/mol. The molecule has 3 heteroatoms. The zero-order valence-electron chi connectivity index (χ0n) is 10.9. The molecule has 2 atom stereocenters. The Morgan fingerprint density at radius 3 is 2.94 bits per heavy atom. The lowest BCUT2D eigenvalue weighted by Crippen LogP contribution is -2.42. The summed E-state index contributed by atoms with van der Waals surface area (Å²) in [6.45, 7) is 3.06. The molecule has 96 valence electrons. The van der Waals surface area contributed by atoms with Gasteiger partial charge in [0.2, 0.25) is 5.91 Å². The van der Waals surface area contributed by atoms with Gasteiger partial charge in [0, 0.05) is 18.7 Å². The normalized spacial score (nSPS) is 27.2. The Labute approximate surface area is 108 Å². The molecule has 1 amide bonds. The number of fused-ring (bicyclic) bond motifs is 1. The summed E-state index contributed by atoms with van der Waals surface area (Å²) in [5, 5.41) is 3.58. The summed E-state index contributed by atoms with van der Waals surface area (Å²) in [6, 6.07) is 9.01. The maximum atomic E-state index is 12.0. The van der Waals surface area contributed by atoms with E-state index in [1.54, 1.807) is 0 Å². The lowest BCUT2D eigenvalue weighted by molar-refractivity contribution is -0.129. The van der Waals surface area contributed by atoms with Crippen molar-refractivity contribution in [1.29, 1.82) is 0 Å². The highest BCUT2D eigenvalue weighted by molar-refractivity contribution is 5.81. The highest BCUT2D eigenvalue weighted by atomic mass is 16.2. The number of para-hydroxylation sites is 1. The van der Waals surface area contributed by atoms with E-state index in [-0.39, 0.29) is 0 Å². The van der Waals surface area contributed by atoms with Crippen molar-refractivity contribution < 1.29 is 4.79 Å². The third-order valence-electron chi connectivity index (χ3n) is 4.21. The van der Waals surface area contributed by atoms with Crippen LogP contribution in [0.1, 0.15) is 31.2 Å². The van der Waals surface area contributed by atoms with Crippen molar-refractivity contribution in [2.75, 3.05) is 11.9 Å². The van der Waals surface area contributed by atoms with Crippen molar-refractivity contribution in [2.24, 2.45) is 0 Å². The minimum Gasteiger partial charge on any atom is -0.379 e. The van der Waals surface area contributed by atoms with Crippen molar-refractivity contribution in [2.45, 2.75) is 44.7 Å². The molecule has 0 radical (unpaired) electrons. The molecule has 0 spiro atoms. The Kier molecular flexibility index (Phi) is 2.98. The van der Waals surface area contributed by atoms with Crippen molar-refractivity contribution >= 4 is 11.6 Å². The molecule has 0 bridgehead atoms. The summed E-state index contributed by atoms with van der Waals surface area (Å²) in [6.07, 6.45) is 4.22. The van der Waals surface area contributed by atoms with Gasteiger partial charge in [-0.15, -0.1) is 0 Å². The van der Waals surface area contributed by atoms with Crippen LogP contribution in [0.2, 0.25) is 0 Å². The van der Waals surface area contributed by atoms with E-state index in [1.807, 2.05) is 12.1 Å². The predicted molar refractivity (Wildman–Crippen MR) is 72.6 cm³/mol. The van der Waals surface area contributed by atoms with E-state index in [0.29, 0.717) is 24.4 Å². The standard InChI is InChI=1S/C15H20N2O/c1-11-6-2-3-7-12(11)16-13-10-15(18)17-9-5-4-8-14(13)17/h2-3,6-7,13-14,16H,4-5,8-10H2,1H3. The van der Waals surface area contributed by atoms with Crippen molar-refractivity contribution in [3.63, 3.8) is 0 Å².